The van der Waals surface area contributed by atoms with Gasteiger partial charge in [0.15, 0.2) is 0 Å². The largest absolute Gasteiger partial charge is 0.497 e. The summed E-state index contributed by atoms with van der Waals surface area (Å²) in [6, 6.07) is 9.82. The van der Waals surface area contributed by atoms with Gasteiger partial charge in [-0.15, -0.1) is 0 Å². The van der Waals surface area contributed by atoms with Gasteiger partial charge >= 0.3 is 0 Å². The van der Waals surface area contributed by atoms with Gasteiger partial charge in [0.1, 0.15) is 10.4 Å². The zero-order valence-corrected chi connectivity index (χ0v) is 11.0. The molecule has 0 spiro atoms. The molecular formula is C13H16N2OS. The second-order valence-electron chi connectivity index (χ2n) is 4.24. The van der Waals surface area contributed by atoms with E-state index in [2.05, 4.69) is 18.9 Å². The highest BCUT2D eigenvalue weighted by molar-refractivity contribution is 7.71. The van der Waals surface area contributed by atoms with Gasteiger partial charge in [-0.2, -0.15) is 0 Å². The van der Waals surface area contributed by atoms with Crippen LogP contribution in [-0.4, -0.2) is 16.9 Å². The lowest BCUT2D eigenvalue weighted by atomic mass is 10.1. The Morgan fingerprint density at radius 2 is 2.06 bits per heavy atom. The first-order chi connectivity index (χ1) is 8.11. The molecule has 0 radical (unpaired) electrons. The molecule has 0 aliphatic rings. The van der Waals surface area contributed by atoms with E-state index in [4.69, 9.17) is 17.0 Å². The highest BCUT2D eigenvalue weighted by atomic mass is 32.1. The molecule has 0 bridgehead atoms. The van der Waals surface area contributed by atoms with Crippen molar-refractivity contribution in [3.63, 3.8) is 0 Å². The van der Waals surface area contributed by atoms with Crippen LogP contribution in [0.25, 0.3) is 5.69 Å². The summed E-state index contributed by atoms with van der Waals surface area (Å²) in [5.74, 6) is 1.26. The maximum Gasteiger partial charge on any atom is 0.127 e. The second kappa shape index (κ2) is 4.75. The van der Waals surface area contributed by atoms with E-state index in [0.29, 0.717) is 5.92 Å². The van der Waals surface area contributed by atoms with Gasteiger partial charge in [0.2, 0.25) is 0 Å². The van der Waals surface area contributed by atoms with Crippen LogP contribution in [0.2, 0.25) is 0 Å². The summed E-state index contributed by atoms with van der Waals surface area (Å²) in [6.07, 6.45) is 0. The maximum atomic E-state index is 5.34. The SMILES string of the molecule is COc1cccc(-n2[nH]c(C(C)C)cc2=S)c1. The Labute approximate surface area is 106 Å². The maximum absolute atomic E-state index is 5.34. The average Bonchev–Trinajstić information content (AvgIpc) is 2.72. The van der Waals surface area contributed by atoms with Crippen LogP contribution in [0.1, 0.15) is 25.5 Å². The minimum Gasteiger partial charge on any atom is -0.497 e. The van der Waals surface area contributed by atoms with Crippen LogP contribution in [0.5, 0.6) is 5.75 Å². The van der Waals surface area contributed by atoms with Crippen molar-refractivity contribution in [3.05, 3.63) is 40.7 Å². The lowest BCUT2D eigenvalue weighted by Crippen LogP contribution is -1.98. The lowest BCUT2D eigenvalue weighted by Gasteiger charge is -2.06. The predicted octanol–water partition coefficient (Wildman–Crippen LogP) is 3.67. The highest BCUT2D eigenvalue weighted by Crippen LogP contribution is 2.19. The van der Waals surface area contributed by atoms with E-state index in [1.54, 1.807) is 7.11 Å². The molecule has 0 saturated heterocycles. The van der Waals surface area contributed by atoms with Crippen molar-refractivity contribution >= 4 is 12.2 Å². The molecule has 0 atom stereocenters. The van der Waals surface area contributed by atoms with Gasteiger partial charge in [0, 0.05) is 11.8 Å². The first-order valence-electron chi connectivity index (χ1n) is 5.58. The molecule has 1 N–H and O–H groups in total. The molecule has 1 heterocycles. The fourth-order valence-corrected chi connectivity index (χ4v) is 1.93. The molecule has 3 nitrogen and oxygen atoms in total. The van der Waals surface area contributed by atoms with Crippen molar-refractivity contribution < 1.29 is 4.74 Å². The first kappa shape index (κ1) is 11.9. The van der Waals surface area contributed by atoms with E-state index < -0.39 is 0 Å². The highest BCUT2D eigenvalue weighted by Gasteiger charge is 2.06. The van der Waals surface area contributed by atoms with Crippen LogP contribution >= 0.6 is 12.2 Å². The van der Waals surface area contributed by atoms with E-state index in [1.807, 2.05) is 35.0 Å². The Kier molecular flexibility index (Phi) is 3.33. The number of nitrogens with zero attached hydrogens (tertiary/aromatic N) is 1. The summed E-state index contributed by atoms with van der Waals surface area (Å²) in [4.78, 5) is 0. The van der Waals surface area contributed by atoms with Gasteiger partial charge < -0.3 is 4.74 Å². The van der Waals surface area contributed by atoms with Crippen LogP contribution in [-0.2, 0) is 0 Å². The molecule has 1 aromatic carbocycles. The van der Waals surface area contributed by atoms with Gasteiger partial charge in [0.25, 0.3) is 0 Å². The second-order valence-corrected chi connectivity index (χ2v) is 4.66. The Hall–Kier alpha value is -1.55. The molecule has 0 saturated carbocycles. The number of ether oxygens (including phenoxy) is 1. The Balaban J connectivity index is 2.49. The molecule has 17 heavy (non-hydrogen) atoms. The predicted molar refractivity (Wildman–Crippen MR) is 71.6 cm³/mol. The van der Waals surface area contributed by atoms with Gasteiger partial charge in [-0.1, -0.05) is 32.1 Å². The topological polar surface area (TPSA) is 29.9 Å². The Morgan fingerprint density at radius 3 is 2.65 bits per heavy atom. The first-order valence-corrected chi connectivity index (χ1v) is 5.99. The fraction of sp³-hybridized carbons (Fsp3) is 0.308. The van der Waals surface area contributed by atoms with Crippen molar-refractivity contribution in [2.24, 2.45) is 0 Å². The van der Waals surface area contributed by atoms with Gasteiger partial charge in [0.05, 0.1) is 12.8 Å². The van der Waals surface area contributed by atoms with Crippen LogP contribution < -0.4 is 4.74 Å². The summed E-state index contributed by atoms with van der Waals surface area (Å²) < 4.78 is 7.88. The van der Waals surface area contributed by atoms with Crippen molar-refractivity contribution in [3.8, 4) is 11.4 Å². The molecule has 90 valence electrons. The van der Waals surface area contributed by atoms with Crippen molar-refractivity contribution in [1.82, 2.24) is 9.78 Å². The molecule has 0 aliphatic heterocycles. The summed E-state index contributed by atoms with van der Waals surface area (Å²) in [6.45, 7) is 4.27. The smallest absolute Gasteiger partial charge is 0.127 e. The van der Waals surface area contributed by atoms with Crippen molar-refractivity contribution in [1.29, 1.82) is 0 Å². The fourth-order valence-electron chi connectivity index (χ4n) is 1.65. The number of hydrogen-bond donors (Lipinski definition) is 1. The number of rotatable bonds is 3. The summed E-state index contributed by atoms with van der Waals surface area (Å²) in [7, 11) is 1.66. The van der Waals surface area contributed by atoms with E-state index >= 15 is 0 Å². The molecule has 0 unspecified atom stereocenters. The van der Waals surface area contributed by atoms with E-state index in [1.165, 1.54) is 0 Å². The standard InChI is InChI=1S/C13H16N2OS/c1-9(2)12-8-13(17)15(14-12)10-5-4-6-11(7-10)16-3/h4-9,14H,1-3H3. The summed E-state index contributed by atoms with van der Waals surface area (Å²) >= 11 is 5.34. The van der Waals surface area contributed by atoms with Crippen LogP contribution in [0, 0.1) is 4.64 Å². The molecular weight excluding hydrogens is 232 g/mol. The number of aromatic amines is 1. The number of methoxy groups -OCH3 is 1. The van der Waals surface area contributed by atoms with Crippen molar-refractivity contribution in [2.45, 2.75) is 19.8 Å². The average molecular weight is 248 g/mol. The monoisotopic (exact) mass is 248 g/mol. The summed E-state index contributed by atoms with van der Waals surface area (Å²) in [5, 5.41) is 3.31. The minimum absolute atomic E-state index is 0.434. The third-order valence-corrected chi connectivity index (χ3v) is 2.97. The normalized spacial score (nSPS) is 10.8. The number of nitrogens with one attached hydrogen (secondary N) is 1. The van der Waals surface area contributed by atoms with Gasteiger partial charge in [-0.3, -0.25) is 5.10 Å². The van der Waals surface area contributed by atoms with Gasteiger partial charge in [-0.05, 0) is 24.1 Å². The zero-order chi connectivity index (χ0) is 12.4. The van der Waals surface area contributed by atoms with Crippen LogP contribution in [0.4, 0.5) is 0 Å². The minimum atomic E-state index is 0.434. The number of benzene rings is 1. The Bertz CT molecular complexity index is 569. The molecule has 0 amide bonds. The third kappa shape index (κ3) is 2.42. The quantitative estimate of drug-likeness (QED) is 0.840. The molecule has 4 heteroatoms. The number of aromatic nitrogens is 2. The lowest BCUT2D eigenvalue weighted by molar-refractivity contribution is 0.414. The van der Waals surface area contributed by atoms with Crippen molar-refractivity contribution in [2.75, 3.05) is 7.11 Å². The number of hydrogen-bond acceptors (Lipinski definition) is 2. The summed E-state index contributed by atoms with van der Waals surface area (Å²) in [5.41, 5.74) is 2.12. The van der Waals surface area contributed by atoms with E-state index in [0.717, 1.165) is 21.8 Å². The van der Waals surface area contributed by atoms with E-state index in [-0.39, 0.29) is 0 Å². The molecule has 2 aromatic rings. The Morgan fingerprint density at radius 1 is 1.29 bits per heavy atom. The third-order valence-electron chi connectivity index (χ3n) is 2.67. The number of H-pyrrole nitrogens is 1. The van der Waals surface area contributed by atoms with Crippen LogP contribution in [0.3, 0.4) is 0 Å². The molecule has 2 rings (SSSR count). The molecule has 0 fully saturated rings. The van der Waals surface area contributed by atoms with E-state index in [9.17, 15) is 0 Å². The van der Waals surface area contributed by atoms with Crippen LogP contribution in [0.15, 0.2) is 30.3 Å². The molecule has 0 aliphatic carbocycles. The van der Waals surface area contributed by atoms with Gasteiger partial charge in [-0.25, -0.2) is 4.68 Å². The zero-order valence-electron chi connectivity index (χ0n) is 10.2. The molecule has 1 aromatic heterocycles.